The van der Waals surface area contributed by atoms with Crippen molar-refractivity contribution in [3.8, 4) is 0 Å². The largest absolute Gasteiger partial charge is 0.480 e. The average molecular weight is 378 g/mol. The van der Waals surface area contributed by atoms with E-state index in [1.165, 1.54) is 4.90 Å². The van der Waals surface area contributed by atoms with Gasteiger partial charge in [-0.3, -0.25) is 14.4 Å². The Hall–Kier alpha value is -2.02. The first-order valence-corrected chi connectivity index (χ1v) is 9.28. The molecule has 1 saturated heterocycles. The average Bonchev–Trinajstić information content (AvgIpc) is 2.67. The van der Waals surface area contributed by atoms with E-state index in [1.807, 2.05) is 44.2 Å². The van der Waals surface area contributed by atoms with Crippen LogP contribution < -0.4 is 5.32 Å². The van der Waals surface area contributed by atoms with Crippen molar-refractivity contribution in [2.75, 3.05) is 6.54 Å². The molecule has 1 aliphatic rings. The monoisotopic (exact) mass is 378 g/mol. The molecule has 2 atom stereocenters. The Morgan fingerprint density at radius 3 is 2.62 bits per heavy atom. The zero-order valence-electron chi connectivity index (χ0n) is 15.1. The molecule has 26 heavy (non-hydrogen) atoms. The molecule has 0 spiro atoms. The van der Waals surface area contributed by atoms with Crippen molar-refractivity contribution < 1.29 is 19.5 Å². The summed E-state index contributed by atoms with van der Waals surface area (Å²) in [5, 5.41) is 11.3. The van der Waals surface area contributed by atoms with E-state index in [0.29, 0.717) is 19.3 Å². The first-order valence-electron chi connectivity index (χ1n) is 8.76. The van der Waals surface area contributed by atoms with Gasteiger partial charge >= 0.3 is 5.97 Å². The summed E-state index contributed by atoms with van der Waals surface area (Å²) in [5.74, 6) is -1.72. The van der Waals surface area contributed by atoms with Gasteiger partial charge in [0.1, 0.15) is 12.6 Å². The van der Waals surface area contributed by atoms with Gasteiger partial charge in [0.2, 0.25) is 11.8 Å². The summed E-state index contributed by atoms with van der Waals surface area (Å²) in [5.41, 5.74) is 0.433. The van der Waals surface area contributed by atoms with Crippen LogP contribution in [0.5, 0.6) is 0 Å². The van der Waals surface area contributed by atoms with Crippen LogP contribution in [-0.4, -0.2) is 51.2 Å². The maximum Gasteiger partial charge on any atom is 0.323 e. The fraction of sp³-hybridized carbons (Fsp3) is 0.526. The van der Waals surface area contributed by atoms with E-state index in [2.05, 4.69) is 17.9 Å². The summed E-state index contributed by atoms with van der Waals surface area (Å²) in [4.78, 5) is 37.8. The van der Waals surface area contributed by atoms with Crippen LogP contribution in [0.15, 0.2) is 30.3 Å². The van der Waals surface area contributed by atoms with Crippen LogP contribution in [0, 0.1) is 0 Å². The minimum absolute atomic E-state index is 0.314. The molecular formula is C19H26N2O4S. The first kappa shape index (κ1) is 20.3. The Labute approximate surface area is 159 Å². The van der Waals surface area contributed by atoms with Gasteiger partial charge in [-0.1, -0.05) is 30.3 Å². The van der Waals surface area contributed by atoms with Gasteiger partial charge in [-0.2, -0.15) is 12.6 Å². The molecule has 1 aromatic rings. The van der Waals surface area contributed by atoms with Gasteiger partial charge in [-0.25, -0.2) is 0 Å². The number of carboxylic acid groups (broad SMARTS) is 1. The number of benzene rings is 1. The highest BCUT2D eigenvalue weighted by atomic mass is 32.1. The van der Waals surface area contributed by atoms with Gasteiger partial charge in [0.15, 0.2) is 0 Å². The molecule has 0 aromatic heterocycles. The molecule has 142 valence electrons. The van der Waals surface area contributed by atoms with Crippen LogP contribution in [0.25, 0.3) is 0 Å². The van der Waals surface area contributed by atoms with Crippen molar-refractivity contribution in [1.29, 1.82) is 0 Å². The number of hydrogen-bond donors (Lipinski definition) is 3. The first-order chi connectivity index (χ1) is 12.2. The second kappa shape index (κ2) is 8.58. The summed E-state index contributed by atoms with van der Waals surface area (Å²) in [7, 11) is 0. The van der Waals surface area contributed by atoms with Gasteiger partial charge in [0, 0.05) is 5.54 Å². The number of carbonyl (C=O) groups excluding carboxylic acids is 2. The Bertz CT molecular complexity index is 663. The standard InChI is InChI=1S/C19H26N2O4S/c1-19(2)10-6-9-14(18(25)21(19)12-16(22)23)20-17(24)15(26)11-13-7-4-3-5-8-13/h3-5,7-8,14-15,26H,6,9-12H2,1-2H3,(H,20,24)(H,22,23)/t14-,15-/m0/s1. The number of rotatable bonds is 6. The topological polar surface area (TPSA) is 86.7 Å². The fourth-order valence-electron chi connectivity index (χ4n) is 3.24. The highest BCUT2D eigenvalue weighted by Crippen LogP contribution is 2.27. The van der Waals surface area contributed by atoms with Crippen LogP contribution in [0.2, 0.25) is 0 Å². The second-order valence-electron chi connectivity index (χ2n) is 7.29. The molecule has 2 amide bonds. The van der Waals surface area contributed by atoms with E-state index in [0.717, 1.165) is 12.0 Å². The van der Waals surface area contributed by atoms with Crippen molar-refractivity contribution in [3.63, 3.8) is 0 Å². The molecule has 6 nitrogen and oxygen atoms in total. The Morgan fingerprint density at radius 1 is 1.35 bits per heavy atom. The predicted octanol–water partition coefficient (Wildman–Crippen LogP) is 1.89. The van der Waals surface area contributed by atoms with Gasteiger partial charge in [-0.05, 0) is 45.1 Å². The summed E-state index contributed by atoms with van der Waals surface area (Å²) in [6, 6.07) is 8.83. The third kappa shape index (κ3) is 5.24. The number of amides is 2. The zero-order chi connectivity index (χ0) is 19.3. The van der Waals surface area contributed by atoms with Gasteiger partial charge in [0.05, 0.1) is 5.25 Å². The molecule has 1 aromatic carbocycles. The SMILES string of the molecule is CC1(C)CCC[C@H](NC(=O)[C@@H](S)Cc2ccccc2)C(=O)N1CC(=O)O. The van der Waals surface area contributed by atoms with Crippen LogP contribution >= 0.6 is 12.6 Å². The molecule has 0 bridgehead atoms. The van der Waals surface area contributed by atoms with Crippen molar-refractivity contribution in [2.24, 2.45) is 0 Å². The Balaban J connectivity index is 2.05. The van der Waals surface area contributed by atoms with Gasteiger partial charge < -0.3 is 15.3 Å². The molecule has 1 aliphatic heterocycles. The lowest BCUT2D eigenvalue weighted by atomic mass is 9.97. The maximum absolute atomic E-state index is 12.8. The van der Waals surface area contributed by atoms with E-state index in [4.69, 9.17) is 5.11 Å². The van der Waals surface area contributed by atoms with E-state index in [1.54, 1.807) is 0 Å². The smallest absolute Gasteiger partial charge is 0.323 e. The molecule has 1 heterocycles. The molecule has 0 saturated carbocycles. The molecule has 2 N–H and O–H groups in total. The number of nitrogens with one attached hydrogen (secondary N) is 1. The summed E-state index contributed by atoms with van der Waals surface area (Å²) >= 11 is 4.37. The highest BCUT2D eigenvalue weighted by Gasteiger charge is 2.39. The molecule has 0 radical (unpaired) electrons. The number of carboxylic acids is 1. The summed E-state index contributed by atoms with van der Waals surface area (Å²) in [6.07, 6.45) is 2.37. The van der Waals surface area contributed by atoms with Crippen LogP contribution in [0.3, 0.4) is 0 Å². The summed E-state index contributed by atoms with van der Waals surface area (Å²) < 4.78 is 0. The zero-order valence-corrected chi connectivity index (χ0v) is 16.0. The maximum atomic E-state index is 12.8. The summed E-state index contributed by atoms with van der Waals surface area (Å²) in [6.45, 7) is 3.34. The lowest BCUT2D eigenvalue weighted by Crippen LogP contribution is -2.56. The molecular weight excluding hydrogens is 352 g/mol. The predicted molar refractivity (Wildman–Crippen MR) is 102 cm³/mol. The number of likely N-dealkylation sites (tertiary alicyclic amines) is 1. The molecule has 0 aliphatic carbocycles. The molecule has 1 fully saturated rings. The van der Waals surface area contributed by atoms with Crippen molar-refractivity contribution in [2.45, 2.75) is 56.4 Å². The van der Waals surface area contributed by atoms with E-state index >= 15 is 0 Å². The Kier molecular flexibility index (Phi) is 6.69. The lowest BCUT2D eigenvalue weighted by Gasteiger charge is -2.37. The van der Waals surface area contributed by atoms with Crippen molar-refractivity contribution in [3.05, 3.63) is 35.9 Å². The number of nitrogens with zero attached hydrogens (tertiary/aromatic N) is 1. The van der Waals surface area contributed by atoms with Crippen LogP contribution in [0.4, 0.5) is 0 Å². The van der Waals surface area contributed by atoms with Crippen molar-refractivity contribution >= 4 is 30.4 Å². The number of thiol groups is 1. The van der Waals surface area contributed by atoms with E-state index in [9.17, 15) is 14.4 Å². The van der Waals surface area contributed by atoms with Gasteiger partial charge in [-0.15, -0.1) is 0 Å². The van der Waals surface area contributed by atoms with E-state index in [-0.39, 0.29) is 18.4 Å². The fourth-order valence-corrected chi connectivity index (χ4v) is 3.53. The Morgan fingerprint density at radius 2 is 2.00 bits per heavy atom. The quantitative estimate of drug-likeness (QED) is 0.660. The van der Waals surface area contributed by atoms with Crippen LogP contribution in [0.1, 0.15) is 38.7 Å². The molecule has 0 unspecified atom stereocenters. The van der Waals surface area contributed by atoms with Gasteiger partial charge in [0.25, 0.3) is 0 Å². The van der Waals surface area contributed by atoms with E-state index < -0.39 is 22.8 Å². The minimum Gasteiger partial charge on any atom is -0.480 e. The highest BCUT2D eigenvalue weighted by molar-refractivity contribution is 7.81. The number of aliphatic carboxylic acids is 1. The number of hydrogen-bond acceptors (Lipinski definition) is 4. The number of carbonyl (C=O) groups is 3. The van der Waals surface area contributed by atoms with Crippen LogP contribution in [-0.2, 0) is 20.8 Å². The lowest BCUT2D eigenvalue weighted by molar-refractivity contribution is -0.149. The third-order valence-electron chi connectivity index (χ3n) is 4.76. The molecule has 2 rings (SSSR count). The third-order valence-corrected chi connectivity index (χ3v) is 5.18. The molecule has 7 heteroatoms. The normalized spacial score (nSPS) is 21.0. The second-order valence-corrected chi connectivity index (χ2v) is 7.91. The van der Waals surface area contributed by atoms with Crippen molar-refractivity contribution in [1.82, 2.24) is 10.2 Å². The minimum atomic E-state index is -1.06.